The third-order valence-corrected chi connectivity index (χ3v) is 5.48. The molecule has 0 atom stereocenters. The first kappa shape index (κ1) is 18.6. The molecule has 6 nitrogen and oxygen atoms in total. The predicted molar refractivity (Wildman–Crippen MR) is 123 cm³/mol. The Kier molecular flexibility index (Phi) is 5.03. The van der Waals surface area contributed by atoms with Crippen LogP contribution in [-0.4, -0.2) is 43.0 Å². The van der Waals surface area contributed by atoms with E-state index in [1.165, 1.54) is 12.8 Å². The molecule has 1 aliphatic rings. The standard InChI is InChI=1S/C23H20N6S/c30-23(29-13-5-6-14-29)26-16-9-10-17-20(15-16)28-22(19-8-2-4-12-25-19)21(27-17)18-7-1-3-11-24-18/h1-4,7-12,15H,5-6,13-14H2,(H,26,30). The van der Waals surface area contributed by atoms with Crippen molar-refractivity contribution < 1.29 is 0 Å². The zero-order chi connectivity index (χ0) is 20.3. The summed E-state index contributed by atoms with van der Waals surface area (Å²) in [5.41, 5.74) is 5.45. The Morgan fingerprint density at radius 3 is 2.03 bits per heavy atom. The van der Waals surface area contributed by atoms with Crippen molar-refractivity contribution in [2.45, 2.75) is 12.8 Å². The van der Waals surface area contributed by atoms with E-state index in [4.69, 9.17) is 22.2 Å². The fraction of sp³-hybridized carbons (Fsp3) is 0.174. The number of hydrogen-bond acceptors (Lipinski definition) is 5. The van der Waals surface area contributed by atoms with Gasteiger partial charge in [-0.15, -0.1) is 0 Å². The molecule has 0 saturated carbocycles. The molecule has 3 aromatic heterocycles. The monoisotopic (exact) mass is 412 g/mol. The molecule has 0 radical (unpaired) electrons. The summed E-state index contributed by atoms with van der Waals surface area (Å²) in [5, 5.41) is 4.10. The lowest BCUT2D eigenvalue weighted by atomic mass is 10.1. The third kappa shape index (κ3) is 3.71. The van der Waals surface area contributed by atoms with E-state index >= 15 is 0 Å². The molecule has 1 fully saturated rings. The van der Waals surface area contributed by atoms with E-state index < -0.39 is 0 Å². The van der Waals surface area contributed by atoms with Crippen LogP contribution in [0.15, 0.2) is 67.0 Å². The Bertz CT molecular complexity index is 1190. The van der Waals surface area contributed by atoms with Crippen molar-refractivity contribution in [1.29, 1.82) is 0 Å². The summed E-state index contributed by atoms with van der Waals surface area (Å²) in [4.78, 5) is 21.0. The van der Waals surface area contributed by atoms with Gasteiger partial charge in [-0.2, -0.15) is 0 Å². The Hall–Kier alpha value is -3.45. The summed E-state index contributed by atoms with van der Waals surface area (Å²) in [5.74, 6) is 0. The second-order valence-electron chi connectivity index (χ2n) is 7.18. The molecule has 0 amide bonds. The van der Waals surface area contributed by atoms with Crippen molar-refractivity contribution in [3.63, 3.8) is 0 Å². The number of benzene rings is 1. The van der Waals surface area contributed by atoms with Gasteiger partial charge in [-0.3, -0.25) is 9.97 Å². The van der Waals surface area contributed by atoms with Gasteiger partial charge >= 0.3 is 0 Å². The summed E-state index contributed by atoms with van der Waals surface area (Å²) in [7, 11) is 0. The van der Waals surface area contributed by atoms with E-state index in [0.29, 0.717) is 5.69 Å². The molecule has 0 spiro atoms. The van der Waals surface area contributed by atoms with Gasteiger partial charge in [0.1, 0.15) is 11.4 Å². The number of thiocarbonyl (C=S) groups is 1. The van der Waals surface area contributed by atoms with Crippen LogP contribution in [-0.2, 0) is 0 Å². The fourth-order valence-corrected chi connectivity index (χ4v) is 3.92. The molecule has 1 aliphatic heterocycles. The fourth-order valence-electron chi connectivity index (χ4n) is 3.62. The van der Waals surface area contributed by atoms with Crippen LogP contribution in [0, 0.1) is 0 Å². The van der Waals surface area contributed by atoms with Crippen molar-refractivity contribution >= 4 is 34.1 Å². The number of hydrogen-bond donors (Lipinski definition) is 1. The lowest BCUT2D eigenvalue weighted by Gasteiger charge is -2.19. The topological polar surface area (TPSA) is 66.8 Å². The Labute approximate surface area is 180 Å². The van der Waals surface area contributed by atoms with Crippen LogP contribution in [0.25, 0.3) is 33.8 Å². The van der Waals surface area contributed by atoms with Crippen LogP contribution in [0.1, 0.15) is 12.8 Å². The molecule has 1 saturated heterocycles. The summed E-state index contributed by atoms with van der Waals surface area (Å²) in [6.45, 7) is 2.02. The SMILES string of the molecule is S=C(Nc1ccc2nc(-c3ccccn3)c(-c3ccccn3)nc2c1)N1CCCC1. The van der Waals surface area contributed by atoms with Gasteiger partial charge in [0.05, 0.1) is 22.4 Å². The van der Waals surface area contributed by atoms with Crippen LogP contribution >= 0.6 is 12.2 Å². The predicted octanol–water partition coefficient (Wildman–Crippen LogP) is 4.55. The first-order valence-corrected chi connectivity index (χ1v) is 10.4. The van der Waals surface area contributed by atoms with Crippen LogP contribution in [0.4, 0.5) is 5.69 Å². The molecule has 5 rings (SSSR count). The summed E-state index contributed by atoms with van der Waals surface area (Å²) >= 11 is 5.57. The van der Waals surface area contributed by atoms with Gasteiger partial charge in [0, 0.05) is 31.2 Å². The summed E-state index contributed by atoms with van der Waals surface area (Å²) < 4.78 is 0. The third-order valence-electron chi connectivity index (χ3n) is 5.12. The number of fused-ring (bicyclic) bond motifs is 1. The van der Waals surface area contributed by atoms with E-state index in [-0.39, 0.29) is 0 Å². The summed E-state index contributed by atoms with van der Waals surface area (Å²) in [6, 6.07) is 17.5. The lowest BCUT2D eigenvalue weighted by molar-refractivity contribution is 0.528. The maximum Gasteiger partial charge on any atom is 0.173 e. The van der Waals surface area contributed by atoms with E-state index in [2.05, 4.69) is 20.2 Å². The van der Waals surface area contributed by atoms with Crippen molar-refractivity contribution in [1.82, 2.24) is 24.8 Å². The Morgan fingerprint density at radius 1 is 0.800 bits per heavy atom. The van der Waals surface area contributed by atoms with Gasteiger partial charge in [0.25, 0.3) is 0 Å². The molecule has 4 heterocycles. The normalized spacial score (nSPS) is 13.5. The molecular weight excluding hydrogens is 392 g/mol. The lowest BCUT2D eigenvalue weighted by Crippen LogP contribution is -2.31. The maximum absolute atomic E-state index is 5.57. The average molecular weight is 413 g/mol. The van der Waals surface area contributed by atoms with Crippen molar-refractivity contribution in [3.05, 3.63) is 67.0 Å². The number of likely N-dealkylation sites (tertiary alicyclic amines) is 1. The zero-order valence-electron chi connectivity index (χ0n) is 16.3. The Morgan fingerprint density at radius 2 is 1.43 bits per heavy atom. The van der Waals surface area contributed by atoms with E-state index in [1.807, 2.05) is 54.6 Å². The van der Waals surface area contributed by atoms with Gasteiger partial charge in [0.15, 0.2) is 5.11 Å². The molecular formula is C23H20N6S. The maximum atomic E-state index is 5.57. The minimum atomic E-state index is 0.709. The quantitative estimate of drug-likeness (QED) is 0.495. The van der Waals surface area contributed by atoms with Crippen LogP contribution in [0.3, 0.4) is 0 Å². The highest BCUT2D eigenvalue weighted by Crippen LogP contribution is 2.29. The van der Waals surface area contributed by atoms with Crippen molar-refractivity contribution in [2.75, 3.05) is 18.4 Å². The van der Waals surface area contributed by atoms with Crippen LogP contribution in [0.2, 0.25) is 0 Å². The number of aromatic nitrogens is 4. The van der Waals surface area contributed by atoms with Gasteiger partial charge in [-0.05, 0) is 67.5 Å². The van der Waals surface area contributed by atoms with Gasteiger partial charge < -0.3 is 10.2 Å². The second kappa shape index (κ2) is 8.12. The number of nitrogens with one attached hydrogen (secondary N) is 1. The molecule has 0 aliphatic carbocycles. The molecule has 4 aromatic rings. The van der Waals surface area contributed by atoms with Gasteiger partial charge in [-0.25, -0.2) is 9.97 Å². The van der Waals surface area contributed by atoms with Crippen molar-refractivity contribution in [2.24, 2.45) is 0 Å². The number of anilines is 1. The highest BCUT2D eigenvalue weighted by Gasteiger charge is 2.17. The molecule has 1 aromatic carbocycles. The second-order valence-corrected chi connectivity index (χ2v) is 7.57. The minimum absolute atomic E-state index is 0.709. The first-order chi connectivity index (χ1) is 14.8. The number of rotatable bonds is 3. The average Bonchev–Trinajstić information content (AvgIpc) is 3.35. The summed E-state index contributed by atoms with van der Waals surface area (Å²) in [6.07, 6.45) is 5.90. The largest absolute Gasteiger partial charge is 0.349 e. The van der Waals surface area contributed by atoms with E-state index in [9.17, 15) is 0 Å². The molecule has 0 bridgehead atoms. The molecule has 30 heavy (non-hydrogen) atoms. The van der Waals surface area contributed by atoms with Gasteiger partial charge in [0.2, 0.25) is 0 Å². The minimum Gasteiger partial charge on any atom is -0.349 e. The van der Waals surface area contributed by atoms with Gasteiger partial charge in [-0.1, -0.05) is 12.1 Å². The van der Waals surface area contributed by atoms with E-state index in [0.717, 1.165) is 52.0 Å². The zero-order valence-corrected chi connectivity index (χ0v) is 17.1. The molecule has 7 heteroatoms. The number of pyridine rings is 2. The molecule has 1 N–H and O–H groups in total. The first-order valence-electron chi connectivity index (χ1n) is 9.98. The highest BCUT2D eigenvalue weighted by molar-refractivity contribution is 7.80. The van der Waals surface area contributed by atoms with Crippen molar-refractivity contribution in [3.8, 4) is 22.8 Å². The highest BCUT2D eigenvalue weighted by atomic mass is 32.1. The Balaban J connectivity index is 1.58. The smallest absolute Gasteiger partial charge is 0.173 e. The molecule has 0 unspecified atom stereocenters. The molecule has 148 valence electrons. The number of nitrogens with zero attached hydrogens (tertiary/aromatic N) is 5. The van der Waals surface area contributed by atoms with Crippen LogP contribution in [0.5, 0.6) is 0 Å². The van der Waals surface area contributed by atoms with Crippen LogP contribution < -0.4 is 5.32 Å². The van der Waals surface area contributed by atoms with E-state index in [1.54, 1.807) is 12.4 Å².